The first-order valence-corrected chi connectivity index (χ1v) is 5.90. The summed E-state index contributed by atoms with van der Waals surface area (Å²) in [6, 6.07) is 8.29. The molecule has 0 heterocycles. The highest BCUT2D eigenvalue weighted by Gasteiger charge is 2.17. The molecule has 0 bridgehead atoms. The van der Waals surface area contributed by atoms with Crippen molar-refractivity contribution < 1.29 is 14.7 Å². The molecule has 0 radical (unpaired) electrons. The van der Waals surface area contributed by atoms with Gasteiger partial charge in [0.1, 0.15) is 6.04 Å². The van der Waals surface area contributed by atoms with Crippen molar-refractivity contribution in [2.24, 2.45) is 5.73 Å². The quantitative estimate of drug-likeness (QED) is 0.601. The van der Waals surface area contributed by atoms with Gasteiger partial charge in [0.2, 0.25) is 5.91 Å². The van der Waals surface area contributed by atoms with E-state index < -0.39 is 12.0 Å². The van der Waals surface area contributed by atoms with E-state index in [1.165, 1.54) is 0 Å². The van der Waals surface area contributed by atoms with Gasteiger partial charge in [0.05, 0.1) is 0 Å². The number of carboxylic acids is 1. The van der Waals surface area contributed by atoms with Crippen molar-refractivity contribution in [1.29, 1.82) is 0 Å². The summed E-state index contributed by atoms with van der Waals surface area (Å²) in [6.45, 7) is 0.541. The van der Waals surface area contributed by atoms with Crippen LogP contribution in [0.3, 0.4) is 0 Å². The normalized spacial score (nSPS) is 12.0. The molecule has 5 heteroatoms. The molecule has 0 aliphatic carbocycles. The maximum absolute atomic E-state index is 11.1. The molecule has 0 aliphatic rings. The fourth-order valence-corrected chi connectivity index (χ4v) is 1.66. The van der Waals surface area contributed by atoms with E-state index in [-0.39, 0.29) is 5.91 Å². The number of carboxylic acid groups (broad SMARTS) is 1. The Bertz CT molecular complexity index is 392. The average Bonchev–Trinajstić information content (AvgIpc) is 2.34. The van der Waals surface area contributed by atoms with E-state index in [2.05, 4.69) is 5.32 Å². The van der Waals surface area contributed by atoms with Crippen LogP contribution in [0, 0.1) is 0 Å². The number of hydrogen-bond acceptors (Lipinski definition) is 3. The third-order valence-corrected chi connectivity index (χ3v) is 2.58. The summed E-state index contributed by atoms with van der Waals surface area (Å²) >= 11 is 0. The fraction of sp³-hybridized carbons (Fsp3) is 0.385. The fourth-order valence-electron chi connectivity index (χ4n) is 1.66. The third kappa shape index (κ3) is 4.97. The van der Waals surface area contributed by atoms with Crippen LogP contribution in [0.25, 0.3) is 0 Å². The van der Waals surface area contributed by atoms with Crippen LogP contribution in [0.15, 0.2) is 30.3 Å². The second-order valence-electron chi connectivity index (χ2n) is 4.06. The molecule has 5 nitrogen and oxygen atoms in total. The standard InChI is InChI=1S/C13H18N2O3/c14-11(16)8-4-5-9-15-12(13(17)18)10-6-2-1-3-7-10/h1-3,6-7,12,15H,4-5,8-9H2,(H2,14,16)(H,17,18). The largest absolute Gasteiger partial charge is 0.480 e. The van der Waals surface area contributed by atoms with E-state index in [0.29, 0.717) is 19.4 Å². The molecule has 0 aromatic heterocycles. The molecule has 0 fully saturated rings. The molecule has 4 N–H and O–H groups in total. The number of unbranched alkanes of at least 4 members (excludes halogenated alkanes) is 1. The predicted molar refractivity (Wildman–Crippen MR) is 67.9 cm³/mol. The Morgan fingerprint density at radius 3 is 2.44 bits per heavy atom. The van der Waals surface area contributed by atoms with Crippen LogP contribution < -0.4 is 11.1 Å². The number of benzene rings is 1. The Hall–Kier alpha value is -1.88. The summed E-state index contributed by atoms with van der Waals surface area (Å²) in [5.74, 6) is -1.23. The van der Waals surface area contributed by atoms with Crippen molar-refractivity contribution in [3.8, 4) is 0 Å². The van der Waals surface area contributed by atoms with Crippen molar-refractivity contribution >= 4 is 11.9 Å². The lowest BCUT2D eigenvalue weighted by Gasteiger charge is -2.14. The van der Waals surface area contributed by atoms with Crippen LogP contribution in [-0.2, 0) is 9.59 Å². The number of primary amides is 1. The zero-order valence-electron chi connectivity index (χ0n) is 10.1. The van der Waals surface area contributed by atoms with Crippen LogP contribution in [0.2, 0.25) is 0 Å². The summed E-state index contributed by atoms with van der Waals surface area (Å²) < 4.78 is 0. The summed E-state index contributed by atoms with van der Waals surface area (Å²) in [4.78, 5) is 21.7. The summed E-state index contributed by atoms with van der Waals surface area (Å²) in [5.41, 5.74) is 5.74. The second-order valence-corrected chi connectivity index (χ2v) is 4.06. The van der Waals surface area contributed by atoms with Gasteiger partial charge < -0.3 is 16.2 Å². The Morgan fingerprint density at radius 1 is 1.22 bits per heavy atom. The van der Waals surface area contributed by atoms with Gasteiger partial charge in [-0.2, -0.15) is 0 Å². The van der Waals surface area contributed by atoms with Gasteiger partial charge in [-0.3, -0.25) is 9.59 Å². The van der Waals surface area contributed by atoms with Crippen molar-refractivity contribution in [2.45, 2.75) is 25.3 Å². The van der Waals surface area contributed by atoms with Crippen LogP contribution in [0.4, 0.5) is 0 Å². The molecule has 98 valence electrons. The molecule has 18 heavy (non-hydrogen) atoms. The Labute approximate surface area is 106 Å². The van der Waals surface area contributed by atoms with Crippen molar-refractivity contribution in [3.05, 3.63) is 35.9 Å². The number of rotatable bonds is 8. The highest BCUT2D eigenvalue weighted by Crippen LogP contribution is 2.12. The van der Waals surface area contributed by atoms with Gasteiger partial charge in [-0.05, 0) is 24.9 Å². The van der Waals surface area contributed by atoms with Gasteiger partial charge in [-0.25, -0.2) is 0 Å². The number of hydrogen-bond donors (Lipinski definition) is 3. The van der Waals surface area contributed by atoms with E-state index in [0.717, 1.165) is 12.0 Å². The number of nitrogens with two attached hydrogens (primary N) is 1. The van der Waals surface area contributed by atoms with E-state index in [9.17, 15) is 9.59 Å². The molecule has 0 spiro atoms. The average molecular weight is 250 g/mol. The molecule has 1 aromatic carbocycles. The van der Waals surface area contributed by atoms with Crippen LogP contribution >= 0.6 is 0 Å². The molecule has 1 amide bonds. The first-order chi connectivity index (χ1) is 8.61. The van der Waals surface area contributed by atoms with Crippen molar-refractivity contribution in [1.82, 2.24) is 5.32 Å². The molecule has 0 aliphatic heterocycles. The van der Waals surface area contributed by atoms with E-state index in [1.54, 1.807) is 24.3 Å². The number of carbonyl (C=O) groups is 2. The zero-order chi connectivity index (χ0) is 13.4. The van der Waals surface area contributed by atoms with Gasteiger partial charge in [-0.1, -0.05) is 30.3 Å². The Morgan fingerprint density at radius 2 is 1.89 bits per heavy atom. The van der Waals surface area contributed by atoms with Gasteiger partial charge in [0.25, 0.3) is 0 Å². The maximum atomic E-state index is 11.1. The maximum Gasteiger partial charge on any atom is 0.325 e. The SMILES string of the molecule is NC(=O)CCCCNC(C(=O)O)c1ccccc1. The Kier molecular flexibility index (Phi) is 5.87. The minimum Gasteiger partial charge on any atom is -0.480 e. The highest BCUT2D eigenvalue weighted by atomic mass is 16.4. The van der Waals surface area contributed by atoms with E-state index in [1.807, 2.05) is 6.07 Å². The molecule has 1 rings (SSSR count). The minimum absolute atomic E-state index is 0.326. The molecule has 0 saturated heterocycles. The van der Waals surface area contributed by atoms with Crippen LogP contribution in [0.5, 0.6) is 0 Å². The lowest BCUT2D eigenvalue weighted by molar-refractivity contribution is -0.139. The third-order valence-electron chi connectivity index (χ3n) is 2.58. The minimum atomic E-state index is -0.906. The first kappa shape index (κ1) is 14.2. The zero-order valence-corrected chi connectivity index (χ0v) is 10.1. The van der Waals surface area contributed by atoms with Crippen molar-refractivity contribution in [2.75, 3.05) is 6.54 Å². The van der Waals surface area contributed by atoms with Crippen LogP contribution in [-0.4, -0.2) is 23.5 Å². The number of amides is 1. The van der Waals surface area contributed by atoms with E-state index in [4.69, 9.17) is 10.8 Å². The molecule has 0 saturated carbocycles. The first-order valence-electron chi connectivity index (χ1n) is 5.90. The summed E-state index contributed by atoms with van der Waals surface area (Å²) in [5, 5.41) is 12.1. The topological polar surface area (TPSA) is 92.4 Å². The van der Waals surface area contributed by atoms with Gasteiger partial charge in [0, 0.05) is 6.42 Å². The lowest BCUT2D eigenvalue weighted by Crippen LogP contribution is -2.29. The summed E-state index contributed by atoms with van der Waals surface area (Å²) in [7, 11) is 0. The molecule has 1 unspecified atom stereocenters. The number of aliphatic carboxylic acids is 1. The van der Waals surface area contributed by atoms with Crippen molar-refractivity contribution in [3.63, 3.8) is 0 Å². The second kappa shape index (κ2) is 7.45. The molecule has 1 atom stereocenters. The molecule has 1 aromatic rings. The highest BCUT2D eigenvalue weighted by molar-refractivity contribution is 5.75. The smallest absolute Gasteiger partial charge is 0.325 e. The van der Waals surface area contributed by atoms with Gasteiger partial charge in [0.15, 0.2) is 0 Å². The molecular formula is C13H18N2O3. The van der Waals surface area contributed by atoms with Gasteiger partial charge >= 0.3 is 5.97 Å². The van der Waals surface area contributed by atoms with Crippen LogP contribution in [0.1, 0.15) is 30.9 Å². The lowest BCUT2D eigenvalue weighted by atomic mass is 10.1. The predicted octanol–water partition coefficient (Wildman–Crippen LogP) is 1.06. The Balaban J connectivity index is 2.41. The molecular weight excluding hydrogens is 232 g/mol. The van der Waals surface area contributed by atoms with Gasteiger partial charge in [-0.15, -0.1) is 0 Å². The number of nitrogens with one attached hydrogen (secondary N) is 1. The van der Waals surface area contributed by atoms with E-state index >= 15 is 0 Å². The number of carbonyl (C=O) groups excluding carboxylic acids is 1. The monoisotopic (exact) mass is 250 g/mol. The summed E-state index contributed by atoms with van der Waals surface area (Å²) in [6.07, 6.45) is 1.73.